The first-order valence-electron chi connectivity index (χ1n) is 11.4. The van der Waals surface area contributed by atoms with Crippen molar-refractivity contribution >= 4 is 46.4 Å². The molecular formula is C26H28Cl2N4O2. The normalized spacial score (nSPS) is 15.7. The van der Waals surface area contributed by atoms with Gasteiger partial charge in [0.2, 0.25) is 11.8 Å². The summed E-state index contributed by atoms with van der Waals surface area (Å²) in [7, 11) is 0. The number of halogens is 2. The lowest BCUT2D eigenvalue weighted by Gasteiger charge is -2.28. The highest BCUT2D eigenvalue weighted by Crippen LogP contribution is 2.43. The molecule has 1 heterocycles. The largest absolute Gasteiger partial charge is 0.325 e. The smallest absolute Gasteiger partial charge is 0.248 e. The van der Waals surface area contributed by atoms with Gasteiger partial charge in [-0.2, -0.15) is 5.10 Å². The fourth-order valence-electron chi connectivity index (χ4n) is 4.74. The van der Waals surface area contributed by atoms with E-state index in [9.17, 15) is 9.59 Å². The Labute approximate surface area is 209 Å². The minimum atomic E-state index is -0.612. The number of hydrogen-bond donors (Lipinski definition) is 2. The van der Waals surface area contributed by atoms with Crippen LogP contribution in [0.3, 0.4) is 0 Å². The van der Waals surface area contributed by atoms with Gasteiger partial charge in [0.1, 0.15) is 6.04 Å². The van der Waals surface area contributed by atoms with Crippen LogP contribution in [0, 0.1) is 13.8 Å². The van der Waals surface area contributed by atoms with Gasteiger partial charge in [-0.05, 0) is 75.6 Å². The summed E-state index contributed by atoms with van der Waals surface area (Å²) in [6, 6.07) is 14.1. The van der Waals surface area contributed by atoms with Gasteiger partial charge in [-0.25, -0.2) is 0 Å². The van der Waals surface area contributed by atoms with Crippen molar-refractivity contribution in [1.29, 1.82) is 0 Å². The first-order valence-corrected chi connectivity index (χ1v) is 12.2. The summed E-state index contributed by atoms with van der Waals surface area (Å²) in [6.07, 6.45) is 3.51. The predicted molar refractivity (Wildman–Crippen MR) is 137 cm³/mol. The number of nitrogens with one attached hydrogen (secondary N) is 2. The van der Waals surface area contributed by atoms with Crippen LogP contribution in [0.5, 0.6) is 0 Å². The molecule has 4 rings (SSSR count). The van der Waals surface area contributed by atoms with Gasteiger partial charge in [-0.1, -0.05) is 48.2 Å². The van der Waals surface area contributed by atoms with E-state index >= 15 is 0 Å². The van der Waals surface area contributed by atoms with Crippen LogP contribution in [-0.4, -0.2) is 21.6 Å². The Morgan fingerprint density at radius 3 is 2.38 bits per heavy atom. The predicted octanol–water partition coefficient (Wildman–Crippen LogP) is 6.46. The summed E-state index contributed by atoms with van der Waals surface area (Å²) >= 11 is 12.7. The van der Waals surface area contributed by atoms with Crippen molar-refractivity contribution in [2.45, 2.75) is 57.9 Å². The maximum absolute atomic E-state index is 13.4. The Balaban J connectivity index is 1.49. The van der Waals surface area contributed by atoms with E-state index in [4.69, 9.17) is 23.2 Å². The number of anilines is 2. The first-order chi connectivity index (χ1) is 16.2. The Morgan fingerprint density at radius 1 is 1.03 bits per heavy atom. The monoisotopic (exact) mass is 498 g/mol. The lowest BCUT2D eigenvalue weighted by atomic mass is 9.78. The molecule has 1 aromatic heterocycles. The van der Waals surface area contributed by atoms with Crippen LogP contribution >= 0.6 is 23.2 Å². The Bertz CT molecular complexity index is 1230. The summed E-state index contributed by atoms with van der Waals surface area (Å²) < 4.78 is 1.68. The van der Waals surface area contributed by atoms with E-state index in [-0.39, 0.29) is 11.8 Å². The van der Waals surface area contributed by atoms with Crippen LogP contribution < -0.4 is 10.6 Å². The van der Waals surface area contributed by atoms with Crippen molar-refractivity contribution in [2.75, 3.05) is 10.6 Å². The van der Waals surface area contributed by atoms with Gasteiger partial charge >= 0.3 is 0 Å². The fraction of sp³-hybridized carbons (Fsp3) is 0.346. The van der Waals surface area contributed by atoms with E-state index in [2.05, 4.69) is 15.7 Å². The van der Waals surface area contributed by atoms with E-state index in [1.807, 2.05) is 44.2 Å². The van der Waals surface area contributed by atoms with E-state index in [1.54, 1.807) is 29.8 Å². The number of carbonyl (C=O) groups excluding carboxylic acids is 2. The van der Waals surface area contributed by atoms with Crippen LogP contribution in [0.4, 0.5) is 11.4 Å². The highest BCUT2D eigenvalue weighted by Gasteiger charge is 2.42. The molecule has 1 atom stereocenters. The van der Waals surface area contributed by atoms with E-state index in [0.717, 1.165) is 42.6 Å². The number of nitrogens with zero attached hydrogens (tertiary/aromatic N) is 2. The summed E-state index contributed by atoms with van der Waals surface area (Å²) in [5, 5.41) is 11.2. The van der Waals surface area contributed by atoms with Gasteiger partial charge < -0.3 is 10.6 Å². The molecule has 1 aliphatic rings. The Morgan fingerprint density at radius 2 is 1.76 bits per heavy atom. The minimum Gasteiger partial charge on any atom is -0.325 e. The Kier molecular flexibility index (Phi) is 7.01. The number of rotatable bonds is 6. The highest BCUT2D eigenvalue weighted by molar-refractivity contribution is 6.34. The average Bonchev–Trinajstić information content (AvgIpc) is 3.42. The quantitative estimate of drug-likeness (QED) is 0.409. The highest BCUT2D eigenvalue weighted by atomic mass is 35.5. The van der Waals surface area contributed by atoms with Crippen molar-refractivity contribution < 1.29 is 9.59 Å². The molecule has 0 saturated heterocycles. The molecule has 0 unspecified atom stereocenters. The molecule has 0 radical (unpaired) electrons. The lowest BCUT2D eigenvalue weighted by molar-refractivity contribution is -0.121. The molecule has 34 heavy (non-hydrogen) atoms. The molecule has 0 bridgehead atoms. The zero-order valence-corrected chi connectivity index (χ0v) is 21.0. The average molecular weight is 499 g/mol. The topological polar surface area (TPSA) is 76.0 Å². The zero-order chi connectivity index (χ0) is 24.5. The van der Waals surface area contributed by atoms with Gasteiger partial charge in [0, 0.05) is 16.4 Å². The second-order valence-electron chi connectivity index (χ2n) is 8.99. The summed E-state index contributed by atoms with van der Waals surface area (Å²) in [5.74, 6) is -0.297. The van der Waals surface area contributed by atoms with E-state index < -0.39 is 11.5 Å². The number of amides is 2. The standard InChI is InChI=1S/C26H28Cl2N4O2/c1-16-13-17(2)32(31-16)18(3)24(33)30-23-10-9-21(15-22(23)28)29-25(34)26(11-4-5-12-26)19-7-6-8-20(27)14-19/h6-10,13-15,18H,4-5,11-12H2,1-3H3,(H,29,34)(H,30,33)/t18-/m0/s1. The number of hydrogen-bond acceptors (Lipinski definition) is 3. The van der Waals surface area contributed by atoms with Crippen molar-refractivity contribution in [3.8, 4) is 0 Å². The molecule has 1 saturated carbocycles. The second kappa shape index (κ2) is 9.80. The summed E-state index contributed by atoms with van der Waals surface area (Å²) in [6.45, 7) is 5.59. The number of benzene rings is 2. The number of aromatic nitrogens is 2. The molecule has 2 aromatic carbocycles. The van der Waals surface area contributed by atoms with Crippen LogP contribution in [0.25, 0.3) is 0 Å². The van der Waals surface area contributed by atoms with Crippen molar-refractivity contribution in [2.24, 2.45) is 0 Å². The zero-order valence-electron chi connectivity index (χ0n) is 19.5. The Hall–Kier alpha value is -2.83. The second-order valence-corrected chi connectivity index (χ2v) is 9.83. The van der Waals surface area contributed by atoms with E-state index in [0.29, 0.717) is 21.4 Å². The molecule has 8 heteroatoms. The maximum atomic E-state index is 13.4. The van der Waals surface area contributed by atoms with Crippen LogP contribution in [0.15, 0.2) is 48.5 Å². The third-order valence-corrected chi connectivity index (χ3v) is 7.09. The van der Waals surface area contributed by atoms with Gasteiger partial charge in [-0.15, -0.1) is 0 Å². The van der Waals surface area contributed by atoms with Crippen molar-refractivity contribution in [3.05, 3.63) is 75.5 Å². The van der Waals surface area contributed by atoms with Crippen LogP contribution in [0.2, 0.25) is 10.0 Å². The summed E-state index contributed by atoms with van der Waals surface area (Å²) in [5.41, 5.74) is 3.14. The van der Waals surface area contributed by atoms with Crippen LogP contribution in [-0.2, 0) is 15.0 Å². The fourth-order valence-corrected chi connectivity index (χ4v) is 5.16. The molecule has 2 N–H and O–H groups in total. The molecule has 1 aliphatic carbocycles. The maximum Gasteiger partial charge on any atom is 0.248 e. The minimum absolute atomic E-state index is 0.0710. The summed E-state index contributed by atoms with van der Waals surface area (Å²) in [4.78, 5) is 26.2. The van der Waals surface area contributed by atoms with Crippen LogP contribution in [0.1, 0.15) is 55.6 Å². The third kappa shape index (κ3) is 4.84. The molecule has 2 amide bonds. The molecular weight excluding hydrogens is 471 g/mol. The van der Waals surface area contributed by atoms with Gasteiger partial charge in [-0.3, -0.25) is 14.3 Å². The SMILES string of the molecule is Cc1cc(C)n([C@@H](C)C(=O)Nc2ccc(NC(=O)C3(c4cccc(Cl)c4)CCCC3)cc2Cl)n1. The molecule has 0 aliphatic heterocycles. The van der Waals surface area contributed by atoms with Crippen molar-refractivity contribution in [1.82, 2.24) is 9.78 Å². The first kappa shape index (κ1) is 24.3. The van der Waals surface area contributed by atoms with Gasteiger partial charge in [0.25, 0.3) is 0 Å². The van der Waals surface area contributed by atoms with E-state index in [1.165, 1.54) is 0 Å². The van der Waals surface area contributed by atoms with Gasteiger partial charge in [0.05, 0.1) is 21.8 Å². The molecule has 1 fully saturated rings. The third-order valence-electron chi connectivity index (χ3n) is 6.54. The molecule has 3 aromatic rings. The molecule has 6 nitrogen and oxygen atoms in total. The number of aryl methyl sites for hydroxylation is 2. The molecule has 178 valence electrons. The van der Waals surface area contributed by atoms with Gasteiger partial charge in [0.15, 0.2) is 0 Å². The lowest BCUT2D eigenvalue weighted by Crippen LogP contribution is -2.38. The number of carbonyl (C=O) groups is 2. The van der Waals surface area contributed by atoms with Crippen molar-refractivity contribution in [3.63, 3.8) is 0 Å². The molecule has 0 spiro atoms.